The fraction of sp³-hybridized carbons (Fsp3) is 0.611. The fourth-order valence-corrected chi connectivity index (χ4v) is 5.36. The number of likely N-dealkylation sites (tertiary alicyclic amines) is 1. The van der Waals surface area contributed by atoms with Gasteiger partial charge in [0.15, 0.2) is 29.3 Å². The Morgan fingerprint density at radius 1 is 1.36 bits per heavy atom. The van der Waals surface area contributed by atoms with Gasteiger partial charge in [-0.1, -0.05) is 12.1 Å². The van der Waals surface area contributed by atoms with Gasteiger partial charge in [-0.3, -0.25) is 26.9 Å². The molecule has 25 heavy (non-hydrogen) atoms. The molecule has 2 fully saturated rings. The number of methoxy groups -OCH3 is 1. The molecule has 6 N–H and O–H groups in total. The Hall–Kier alpha value is -1.67. The maximum atomic E-state index is 12.7. The van der Waals surface area contributed by atoms with Gasteiger partial charge < -0.3 is 9.47 Å². The Morgan fingerprint density at radius 2 is 2.12 bits per heavy atom. The third kappa shape index (κ3) is 2.16. The molecular formula is C18H26N4O3. The van der Waals surface area contributed by atoms with Crippen molar-refractivity contribution < 1.29 is 14.3 Å². The van der Waals surface area contributed by atoms with Crippen molar-refractivity contribution in [3.8, 4) is 11.5 Å². The van der Waals surface area contributed by atoms with E-state index in [1.165, 1.54) is 0 Å². The molecule has 2 heterocycles. The second-order valence-corrected chi connectivity index (χ2v) is 7.56. The summed E-state index contributed by atoms with van der Waals surface area (Å²) in [6.07, 6.45) is 1.54. The Morgan fingerprint density at radius 3 is 2.80 bits per heavy atom. The van der Waals surface area contributed by atoms with Crippen LogP contribution >= 0.6 is 0 Å². The molecule has 1 saturated carbocycles. The van der Waals surface area contributed by atoms with E-state index in [9.17, 15) is 4.79 Å². The minimum Gasteiger partial charge on any atom is -0.493 e. The Balaban J connectivity index is 1.84. The van der Waals surface area contributed by atoms with Crippen molar-refractivity contribution >= 4 is 5.78 Å². The molecule has 0 bridgehead atoms. The number of piperidine rings is 1. The van der Waals surface area contributed by atoms with Crippen molar-refractivity contribution in [2.45, 2.75) is 49.7 Å². The normalized spacial score (nSPS) is 34.8. The molecule has 1 saturated heterocycles. The number of hydrogen-bond donors (Lipinski definition) is 3. The first kappa shape index (κ1) is 16.8. The first-order chi connectivity index (χ1) is 11.8. The predicted molar refractivity (Wildman–Crippen MR) is 92.9 cm³/mol. The van der Waals surface area contributed by atoms with Crippen molar-refractivity contribution in [3.05, 3.63) is 23.8 Å². The number of nitrogens with two attached hydrogens (primary N) is 3. The van der Waals surface area contributed by atoms with Crippen LogP contribution in [0.25, 0.3) is 0 Å². The summed E-state index contributed by atoms with van der Waals surface area (Å²) in [4.78, 5) is 14.7. The SMILES string of the molecule is COc1cccc2c1OC1C(=O)CCC3C(C)N(C(N)(N)N)CCC213. The summed E-state index contributed by atoms with van der Waals surface area (Å²) in [5.74, 6) is 0.361. The second-order valence-electron chi connectivity index (χ2n) is 7.56. The van der Waals surface area contributed by atoms with Crippen LogP contribution in [0.4, 0.5) is 0 Å². The second kappa shape index (κ2) is 5.41. The monoisotopic (exact) mass is 346 g/mol. The van der Waals surface area contributed by atoms with Gasteiger partial charge in [-0.05, 0) is 31.7 Å². The van der Waals surface area contributed by atoms with E-state index in [0.717, 1.165) is 18.4 Å². The quantitative estimate of drug-likeness (QED) is 0.657. The number of ketones is 1. The zero-order valence-corrected chi connectivity index (χ0v) is 14.7. The largest absolute Gasteiger partial charge is 0.493 e. The summed E-state index contributed by atoms with van der Waals surface area (Å²) in [7, 11) is 1.62. The smallest absolute Gasteiger partial charge is 0.176 e. The molecule has 136 valence electrons. The highest BCUT2D eigenvalue weighted by molar-refractivity contribution is 5.88. The van der Waals surface area contributed by atoms with Gasteiger partial charge in [0.05, 0.1) is 7.11 Å². The number of fused-ring (bicyclic) bond motifs is 1. The molecule has 0 amide bonds. The molecular weight excluding hydrogens is 320 g/mol. The molecule has 4 atom stereocenters. The molecule has 4 unspecified atom stereocenters. The number of hydrogen-bond acceptors (Lipinski definition) is 7. The van der Waals surface area contributed by atoms with Crippen molar-refractivity contribution in [1.29, 1.82) is 0 Å². The third-order valence-corrected chi connectivity index (χ3v) is 6.40. The van der Waals surface area contributed by atoms with Gasteiger partial charge >= 0.3 is 0 Å². The Labute approximate surface area is 147 Å². The van der Waals surface area contributed by atoms with Crippen LogP contribution in [-0.2, 0) is 10.2 Å². The Bertz CT molecular complexity index is 717. The molecule has 1 aromatic carbocycles. The van der Waals surface area contributed by atoms with Crippen molar-refractivity contribution in [2.75, 3.05) is 13.7 Å². The summed E-state index contributed by atoms with van der Waals surface area (Å²) < 4.78 is 11.7. The number of nitrogens with zero attached hydrogens (tertiary/aromatic N) is 1. The minimum absolute atomic E-state index is 0.0464. The number of benzene rings is 1. The minimum atomic E-state index is -1.37. The molecule has 7 heteroatoms. The van der Waals surface area contributed by atoms with E-state index in [1.807, 2.05) is 17.0 Å². The van der Waals surface area contributed by atoms with Crippen LogP contribution in [0.3, 0.4) is 0 Å². The number of carbonyl (C=O) groups excluding carboxylic acids is 1. The zero-order chi connectivity index (χ0) is 18.0. The van der Waals surface area contributed by atoms with Crippen LogP contribution in [0.1, 0.15) is 31.7 Å². The summed E-state index contributed by atoms with van der Waals surface area (Å²) >= 11 is 0. The maximum Gasteiger partial charge on any atom is 0.176 e. The lowest BCUT2D eigenvalue weighted by atomic mass is 9.56. The molecule has 0 aromatic heterocycles. The summed E-state index contributed by atoms with van der Waals surface area (Å²) in [5, 5.41) is 0. The lowest BCUT2D eigenvalue weighted by molar-refractivity contribution is -0.140. The standard InChI is InChI=1S/C18H26N4O3/c1-10-11-6-7-13(23)16-17(11,8-9-22(10)18(19,20)21)12-4-3-5-14(24-2)15(12)25-16/h3-5,10-11,16H,6-9,19-21H2,1-2H3. The number of rotatable bonds is 2. The summed E-state index contributed by atoms with van der Waals surface area (Å²) in [6, 6.07) is 5.94. The van der Waals surface area contributed by atoms with E-state index in [-0.39, 0.29) is 23.2 Å². The van der Waals surface area contributed by atoms with Gasteiger partial charge in [0.2, 0.25) is 0 Å². The van der Waals surface area contributed by atoms with Crippen molar-refractivity contribution in [1.82, 2.24) is 4.90 Å². The van der Waals surface area contributed by atoms with Crippen LogP contribution < -0.4 is 26.7 Å². The van der Waals surface area contributed by atoms with Gasteiger partial charge in [0.1, 0.15) is 0 Å². The van der Waals surface area contributed by atoms with Crippen LogP contribution in [0.15, 0.2) is 18.2 Å². The molecule has 0 radical (unpaired) electrons. The topological polar surface area (TPSA) is 117 Å². The van der Waals surface area contributed by atoms with E-state index in [4.69, 9.17) is 26.7 Å². The average molecular weight is 346 g/mol. The fourth-order valence-electron chi connectivity index (χ4n) is 5.36. The van der Waals surface area contributed by atoms with E-state index in [0.29, 0.717) is 24.5 Å². The average Bonchev–Trinajstić information content (AvgIpc) is 2.89. The number of carbonyl (C=O) groups is 1. The van der Waals surface area contributed by atoms with Crippen LogP contribution in [0.5, 0.6) is 11.5 Å². The lowest BCUT2D eigenvalue weighted by Crippen LogP contribution is -2.76. The molecule has 7 nitrogen and oxygen atoms in total. The van der Waals surface area contributed by atoms with Gasteiger partial charge in [-0.2, -0.15) is 0 Å². The van der Waals surface area contributed by atoms with Crippen molar-refractivity contribution in [3.63, 3.8) is 0 Å². The highest BCUT2D eigenvalue weighted by Crippen LogP contribution is 2.59. The van der Waals surface area contributed by atoms with E-state index < -0.39 is 12.0 Å². The highest BCUT2D eigenvalue weighted by atomic mass is 16.5. The van der Waals surface area contributed by atoms with Crippen LogP contribution in [0, 0.1) is 5.92 Å². The van der Waals surface area contributed by atoms with Gasteiger partial charge in [-0.15, -0.1) is 0 Å². The van der Waals surface area contributed by atoms with Gasteiger partial charge in [0, 0.05) is 30.0 Å². The van der Waals surface area contributed by atoms with E-state index in [2.05, 4.69) is 13.0 Å². The third-order valence-electron chi connectivity index (χ3n) is 6.40. The molecule has 1 spiro atoms. The predicted octanol–water partition coefficient (Wildman–Crippen LogP) is 0.255. The van der Waals surface area contributed by atoms with E-state index >= 15 is 0 Å². The molecule has 1 aliphatic carbocycles. The molecule has 1 aromatic rings. The lowest BCUT2D eigenvalue weighted by Gasteiger charge is -2.56. The van der Waals surface area contributed by atoms with Crippen molar-refractivity contribution in [2.24, 2.45) is 23.1 Å². The van der Waals surface area contributed by atoms with Gasteiger partial charge in [0.25, 0.3) is 0 Å². The molecule has 2 aliphatic heterocycles. The van der Waals surface area contributed by atoms with E-state index in [1.54, 1.807) is 7.11 Å². The molecule has 4 rings (SSSR count). The highest BCUT2D eigenvalue weighted by Gasteiger charge is 2.63. The summed E-state index contributed by atoms with van der Waals surface area (Å²) in [6.45, 7) is 2.71. The number of para-hydroxylation sites is 1. The van der Waals surface area contributed by atoms with Crippen LogP contribution in [-0.4, -0.2) is 42.4 Å². The zero-order valence-electron chi connectivity index (χ0n) is 14.7. The number of ether oxygens (including phenoxy) is 2. The molecule has 3 aliphatic rings. The summed E-state index contributed by atoms with van der Waals surface area (Å²) in [5.41, 5.74) is 18.7. The van der Waals surface area contributed by atoms with Gasteiger partial charge in [-0.25, -0.2) is 0 Å². The first-order valence-corrected chi connectivity index (χ1v) is 8.81. The first-order valence-electron chi connectivity index (χ1n) is 8.81. The maximum absolute atomic E-state index is 12.7. The number of Topliss-reactive ketones (excluding diaryl/α,β-unsaturated/α-hetero) is 1. The van der Waals surface area contributed by atoms with Crippen LogP contribution in [0.2, 0.25) is 0 Å². The Kier molecular flexibility index (Phi) is 3.63.